The van der Waals surface area contributed by atoms with Crippen LogP contribution in [0.2, 0.25) is 0 Å². The predicted octanol–water partition coefficient (Wildman–Crippen LogP) is 6.37. The molecule has 0 aromatic heterocycles. The van der Waals surface area contributed by atoms with Crippen molar-refractivity contribution in [2.75, 3.05) is 0 Å². The molecule has 0 amide bonds. The van der Waals surface area contributed by atoms with Gasteiger partial charge in [-0.15, -0.1) is 0 Å². The molecule has 0 aliphatic carbocycles. The van der Waals surface area contributed by atoms with Crippen LogP contribution in [0.1, 0.15) is 11.1 Å². The molecule has 0 aliphatic rings. The molecule has 5 aromatic rings. The van der Waals surface area contributed by atoms with Gasteiger partial charge in [0.05, 0.1) is 11.7 Å². The molecule has 2 heteroatoms. The van der Waals surface area contributed by atoms with Crippen LogP contribution >= 0.6 is 0 Å². The molecule has 2 nitrogen and oxygen atoms in total. The first kappa shape index (κ1) is 15.3. The summed E-state index contributed by atoms with van der Waals surface area (Å²) < 4.78 is 0. The van der Waals surface area contributed by atoms with Gasteiger partial charge in [-0.05, 0) is 62.6 Å². The molecule has 0 aliphatic heterocycles. The Balaban J connectivity index is 1.73. The van der Waals surface area contributed by atoms with Crippen LogP contribution in [0.4, 0.5) is 5.69 Å². The smallest absolute Gasteiger partial charge is 0.0918 e. The zero-order valence-electron chi connectivity index (χ0n) is 14.5. The van der Waals surface area contributed by atoms with Crippen molar-refractivity contribution in [3.8, 4) is 11.8 Å². The van der Waals surface area contributed by atoms with Gasteiger partial charge in [-0.2, -0.15) is 4.99 Å². The van der Waals surface area contributed by atoms with E-state index in [9.17, 15) is 0 Å². The zero-order chi connectivity index (χ0) is 18.2. The Morgan fingerprint density at radius 2 is 1.37 bits per heavy atom. The fourth-order valence-corrected chi connectivity index (χ4v) is 3.69. The Hall–Kier alpha value is -3.92. The summed E-state index contributed by atoms with van der Waals surface area (Å²) in [7, 11) is 0. The summed E-state index contributed by atoms with van der Waals surface area (Å²) in [5.74, 6) is 6.62. The molecule has 0 atom stereocenters. The van der Waals surface area contributed by atoms with Gasteiger partial charge >= 0.3 is 0 Å². The highest BCUT2D eigenvalue weighted by atomic mass is 14.7. The van der Waals surface area contributed by atoms with Crippen molar-refractivity contribution in [2.45, 2.75) is 0 Å². The van der Waals surface area contributed by atoms with Crippen molar-refractivity contribution in [2.24, 2.45) is 4.99 Å². The van der Waals surface area contributed by atoms with E-state index in [1.54, 1.807) is 0 Å². The SMILES string of the molecule is N=C=Nc1ccc(C#Cc2cc3cccc4ccc5cccc2c5c43)cc1. The van der Waals surface area contributed by atoms with Crippen LogP contribution in [0, 0.1) is 17.3 Å². The number of benzene rings is 5. The molecule has 0 bridgehead atoms. The average Bonchev–Trinajstić information content (AvgIpc) is 2.72. The highest BCUT2D eigenvalue weighted by Crippen LogP contribution is 2.36. The van der Waals surface area contributed by atoms with E-state index in [-0.39, 0.29) is 0 Å². The second-order valence-electron chi connectivity index (χ2n) is 6.49. The van der Waals surface area contributed by atoms with Crippen molar-refractivity contribution in [3.63, 3.8) is 0 Å². The van der Waals surface area contributed by atoms with Crippen molar-refractivity contribution in [3.05, 3.63) is 90.0 Å². The van der Waals surface area contributed by atoms with Crippen LogP contribution < -0.4 is 0 Å². The number of nitrogens with zero attached hydrogens (tertiary/aromatic N) is 1. The maximum absolute atomic E-state index is 6.92. The van der Waals surface area contributed by atoms with Crippen LogP contribution in [-0.2, 0) is 0 Å². The first-order valence-electron chi connectivity index (χ1n) is 8.74. The van der Waals surface area contributed by atoms with Gasteiger partial charge < -0.3 is 0 Å². The minimum atomic E-state index is 0.706. The monoisotopic (exact) mass is 342 g/mol. The summed E-state index contributed by atoms with van der Waals surface area (Å²) in [5.41, 5.74) is 2.66. The fourth-order valence-electron chi connectivity index (χ4n) is 3.69. The normalized spacial score (nSPS) is 10.7. The zero-order valence-corrected chi connectivity index (χ0v) is 14.5. The Morgan fingerprint density at radius 3 is 2.15 bits per heavy atom. The van der Waals surface area contributed by atoms with Crippen molar-refractivity contribution in [1.29, 1.82) is 5.41 Å². The van der Waals surface area contributed by atoms with Crippen LogP contribution in [0.3, 0.4) is 0 Å². The Labute approximate surface area is 156 Å². The number of rotatable bonds is 1. The maximum atomic E-state index is 6.92. The van der Waals surface area contributed by atoms with Crippen LogP contribution in [0.25, 0.3) is 32.3 Å². The number of nitrogens with one attached hydrogen (secondary N) is 1. The molecule has 27 heavy (non-hydrogen) atoms. The van der Waals surface area contributed by atoms with E-state index >= 15 is 0 Å². The second-order valence-corrected chi connectivity index (χ2v) is 6.49. The van der Waals surface area contributed by atoms with E-state index < -0.39 is 0 Å². The van der Waals surface area contributed by atoms with E-state index in [4.69, 9.17) is 5.41 Å². The predicted molar refractivity (Wildman–Crippen MR) is 112 cm³/mol. The van der Waals surface area contributed by atoms with Crippen LogP contribution in [0.15, 0.2) is 83.9 Å². The standard InChI is InChI=1S/C25H14N2/c26-16-27-22-13-8-17(9-14-22)7-10-20-15-21-5-1-3-18-11-12-19-4-2-6-23(20)25(19)24(18)21/h1-6,8-9,11-15,26H. The molecule has 0 radical (unpaired) electrons. The molecule has 5 rings (SSSR count). The van der Waals surface area contributed by atoms with Crippen LogP contribution in [0.5, 0.6) is 0 Å². The summed E-state index contributed by atoms with van der Waals surface area (Å²) in [5, 5.41) is 14.4. The molecule has 0 fully saturated rings. The lowest BCUT2D eigenvalue weighted by Gasteiger charge is -2.12. The topological polar surface area (TPSA) is 36.2 Å². The molecule has 0 heterocycles. The van der Waals surface area contributed by atoms with E-state index in [1.165, 1.54) is 32.3 Å². The lowest BCUT2D eigenvalue weighted by atomic mass is 9.91. The largest absolute Gasteiger partial charge is 0.241 e. The molecule has 0 saturated heterocycles. The van der Waals surface area contributed by atoms with E-state index in [2.05, 4.69) is 71.4 Å². The van der Waals surface area contributed by atoms with E-state index in [0.29, 0.717) is 5.69 Å². The quantitative estimate of drug-likeness (QED) is 0.209. The van der Waals surface area contributed by atoms with Gasteiger partial charge in [0, 0.05) is 11.1 Å². The fraction of sp³-hybridized carbons (Fsp3) is 0. The molecule has 1 N–H and O–H groups in total. The molecule has 0 unspecified atom stereocenters. The first-order valence-corrected chi connectivity index (χ1v) is 8.74. The molecule has 124 valence electrons. The minimum absolute atomic E-state index is 0.706. The van der Waals surface area contributed by atoms with Crippen molar-refractivity contribution >= 4 is 44.0 Å². The van der Waals surface area contributed by atoms with Crippen LogP contribution in [-0.4, -0.2) is 6.01 Å². The van der Waals surface area contributed by atoms with Gasteiger partial charge in [-0.3, -0.25) is 0 Å². The first-order chi connectivity index (χ1) is 13.3. The maximum Gasteiger partial charge on any atom is 0.0918 e. The van der Waals surface area contributed by atoms with E-state index in [1.807, 2.05) is 30.3 Å². The lowest BCUT2D eigenvalue weighted by molar-refractivity contribution is 1.48. The third kappa shape index (κ3) is 2.55. The molecular weight excluding hydrogens is 328 g/mol. The lowest BCUT2D eigenvalue weighted by Crippen LogP contribution is -1.87. The van der Waals surface area contributed by atoms with Gasteiger partial charge in [0.25, 0.3) is 0 Å². The Kier molecular flexibility index (Phi) is 3.47. The van der Waals surface area contributed by atoms with Gasteiger partial charge in [-0.25, -0.2) is 5.41 Å². The minimum Gasteiger partial charge on any atom is -0.241 e. The summed E-state index contributed by atoms with van der Waals surface area (Å²) in [6.07, 6.45) is 0. The molecule has 5 aromatic carbocycles. The molecule has 0 spiro atoms. The second kappa shape index (κ2) is 6.11. The molecular formula is C25H14N2. The summed E-state index contributed by atoms with van der Waals surface area (Å²) in [6.45, 7) is 0. The third-order valence-corrected chi connectivity index (χ3v) is 4.90. The van der Waals surface area contributed by atoms with E-state index in [0.717, 1.165) is 11.1 Å². The van der Waals surface area contributed by atoms with Gasteiger partial charge in [0.15, 0.2) is 0 Å². The van der Waals surface area contributed by atoms with Crippen molar-refractivity contribution < 1.29 is 0 Å². The Morgan fingerprint density at radius 1 is 0.667 bits per heavy atom. The Bertz CT molecular complexity index is 1410. The highest BCUT2D eigenvalue weighted by molar-refractivity contribution is 6.24. The number of hydrogen-bond donors (Lipinski definition) is 1. The molecule has 0 saturated carbocycles. The van der Waals surface area contributed by atoms with Gasteiger partial charge in [0.2, 0.25) is 0 Å². The average molecular weight is 342 g/mol. The number of hydrogen-bond acceptors (Lipinski definition) is 2. The summed E-state index contributed by atoms with van der Waals surface area (Å²) in [4.78, 5) is 3.83. The third-order valence-electron chi connectivity index (χ3n) is 4.90. The summed E-state index contributed by atoms with van der Waals surface area (Å²) >= 11 is 0. The van der Waals surface area contributed by atoms with Gasteiger partial charge in [-0.1, -0.05) is 60.4 Å². The number of aliphatic imine (C=N–C) groups is 1. The highest BCUT2D eigenvalue weighted by Gasteiger charge is 2.10. The summed E-state index contributed by atoms with van der Waals surface area (Å²) in [6, 6.07) is 29.0. The van der Waals surface area contributed by atoms with Crippen molar-refractivity contribution in [1.82, 2.24) is 0 Å². The van der Waals surface area contributed by atoms with Gasteiger partial charge in [0.1, 0.15) is 0 Å².